The van der Waals surface area contributed by atoms with Crippen LogP contribution in [0.15, 0.2) is 35.3 Å². The zero-order chi connectivity index (χ0) is 7.52. The Kier molecular flexibility index (Phi) is 1.56. The van der Waals surface area contributed by atoms with Crippen LogP contribution in [0.3, 0.4) is 0 Å². The minimum atomic E-state index is 0.809. The number of aliphatic imine (C=N–C) groups is 1. The van der Waals surface area contributed by atoms with Crippen molar-refractivity contribution < 1.29 is 0 Å². The third-order valence-corrected chi connectivity index (χ3v) is 1.78. The lowest BCUT2D eigenvalue weighted by molar-refractivity contribution is 1.08. The highest BCUT2D eigenvalue weighted by Gasteiger charge is 1.97. The van der Waals surface area contributed by atoms with Crippen LogP contribution in [0.5, 0.6) is 0 Å². The van der Waals surface area contributed by atoms with Gasteiger partial charge >= 0.3 is 0 Å². The van der Waals surface area contributed by atoms with Crippen LogP contribution < -0.4 is 0 Å². The SMILES string of the molecule is C1=Cc2ccccc2CN=C1. The lowest BCUT2D eigenvalue weighted by Crippen LogP contribution is -1.83. The van der Waals surface area contributed by atoms with E-state index in [0.717, 1.165) is 6.54 Å². The molecule has 11 heavy (non-hydrogen) atoms. The van der Waals surface area contributed by atoms with Crippen LogP contribution in [0.2, 0.25) is 0 Å². The van der Waals surface area contributed by atoms with Gasteiger partial charge in [-0.2, -0.15) is 0 Å². The molecule has 0 amide bonds. The third kappa shape index (κ3) is 1.22. The van der Waals surface area contributed by atoms with E-state index in [0.29, 0.717) is 0 Å². The summed E-state index contributed by atoms with van der Waals surface area (Å²) in [6.07, 6.45) is 5.91. The van der Waals surface area contributed by atoms with Crippen LogP contribution in [-0.2, 0) is 6.54 Å². The van der Waals surface area contributed by atoms with Crippen molar-refractivity contribution in [1.82, 2.24) is 0 Å². The molecule has 0 bridgehead atoms. The fourth-order valence-corrected chi connectivity index (χ4v) is 1.20. The standard InChI is InChI=1S/C10H9N/c1-2-5-10-8-11-7-3-6-9(10)4-1/h1-7H,8H2. The average molecular weight is 143 g/mol. The first kappa shape index (κ1) is 6.35. The van der Waals surface area contributed by atoms with E-state index >= 15 is 0 Å². The molecule has 0 aliphatic carbocycles. The first-order valence-corrected chi connectivity index (χ1v) is 3.71. The molecule has 1 aromatic carbocycles. The van der Waals surface area contributed by atoms with Gasteiger partial charge in [0, 0.05) is 6.21 Å². The maximum Gasteiger partial charge on any atom is 0.0645 e. The fourth-order valence-electron chi connectivity index (χ4n) is 1.20. The predicted octanol–water partition coefficient (Wildman–Crippen LogP) is 2.28. The largest absolute Gasteiger partial charge is 0.288 e. The van der Waals surface area contributed by atoms with E-state index in [1.807, 2.05) is 18.4 Å². The van der Waals surface area contributed by atoms with Gasteiger partial charge in [-0.1, -0.05) is 30.3 Å². The molecular weight excluding hydrogens is 134 g/mol. The molecule has 0 atom stereocenters. The van der Waals surface area contributed by atoms with Gasteiger partial charge in [-0.05, 0) is 17.2 Å². The molecule has 0 spiro atoms. The lowest BCUT2D eigenvalue weighted by Gasteiger charge is -1.98. The molecule has 1 aromatic rings. The van der Waals surface area contributed by atoms with Gasteiger partial charge in [0.05, 0.1) is 6.54 Å². The van der Waals surface area contributed by atoms with Crippen molar-refractivity contribution in [3.63, 3.8) is 0 Å². The molecule has 1 aliphatic rings. The number of allylic oxidation sites excluding steroid dienone is 1. The zero-order valence-corrected chi connectivity index (χ0v) is 6.20. The molecule has 1 heterocycles. The van der Waals surface area contributed by atoms with Crippen molar-refractivity contribution in [2.75, 3.05) is 0 Å². The predicted molar refractivity (Wildman–Crippen MR) is 47.7 cm³/mol. The molecule has 1 heteroatoms. The number of hydrogen-bond acceptors (Lipinski definition) is 1. The molecule has 0 radical (unpaired) electrons. The van der Waals surface area contributed by atoms with Crippen molar-refractivity contribution in [2.24, 2.45) is 4.99 Å². The van der Waals surface area contributed by atoms with Gasteiger partial charge in [-0.15, -0.1) is 0 Å². The molecule has 54 valence electrons. The summed E-state index contributed by atoms with van der Waals surface area (Å²) < 4.78 is 0. The zero-order valence-electron chi connectivity index (χ0n) is 6.20. The summed E-state index contributed by atoms with van der Waals surface area (Å²) in [5, 5.41) is 0. The molecule has 0 saturated carbocycles. The fraction of sp³-hybridized carbons (Fsp3) is 0.100. The topological polar surface area (TPSA) is 12.4 Å². The number of nitrogens with zero attached hydrogens (tertiary/aromatic N) is 1. The van der Waals surface area contributed by atoms with Gasteiger partial charge < -0.3 is 0 Å². The highest BCUT2D eigenvalue weighted by atomic mass is 14.7. The Bertz CT molecular complexity index is 310. The summed E-state index contributed by atoms with van der Waals surface area (Å²) in [5.41, 5.74) is 2.59. The quantitative estimate of drug-likeness (QED) is 0.528. The van der Waals surface area contributed by atoms with E-state index in [2.05, 4.69) is 29.3 Å². The van der Waals surface area contributed by atoms with Crippen LogP contribution in [0.1, 0.15) is 11.1 Å². The molecule has 0 saturated heterocycles. The molecule has 2 rings (SSSR count). The second-order valence-corrected chi connectivity index (χ2v) is 2.55. The van der Waals surface area contributed by atoms with Gasteiger partial charge in [0.1, 0.15) is 0 Å². The number of rotatable bonds is 0. The number of benzene rings is 1. The van der Waals surface area contributed by atoms with Gasteiger partial charge in [0.15, 0.2) is 0 Å². The summed E-state index contributed by atoms with van der Waals surface area (Å²) in [5.74, 6) is 0. The van der Waals surface area contributed by atoms with E-state index in [9.17, 15) is 0 Å². The Morgan fingerprint density at radius 2 is 2.09 bits per heavy atom. The smallest absolute Gasteiger partial charge is 0.0645 e. The van der Waals surface area contributed by atoms with Gasteiger partial charge in [0.2, 0.25) is 0 Å². The maximum absolute atomic E-state index is 4.20. The Morgan fingerprint density at radius 3 is 3.09 bits per heavy atom. The maximum atomic E-state index is 4.20. The molecular formula is C10H9N. The van der Waals surface area contributed by atoms with E-state index in [-0.39, 0.29) is 0 Å². The highest BCUT2D eigenvalue weighted by Crippen LogP contribution is 2.13. The normalized spacial score (nSPS) is 14.2. The second kappa shape index (κ2) is 2.70. The lowest BCUT2D eigenvalue weighted by atomic mass is 10.1. The van der Waals surface area contributed by atoms with Crippen molar-refractivity contribution >= 4 is 12.3 Å². The van der Waals surface area contributed by atoms with Crippen molar-refractivity contribution in [2.45, 2.75) is 6.54 Å². The first-order valence-electron chi connectivity index (χ1n) is 3.71. The molecule has 1 nitrogen and oxygen atoms in total. The van der Waals surface area contributed by atoms with Crippen molar-refractivity contribution in [3.8, 4) is 0 Å². The summed E-state index contributed by atoms with van der Waals surface area (Å²) in [6, 6.07) is 8.32. The molecule has 0 unspecified atom stereocenters. The molecule has 0 aromatic heterocycles. The minimum Gasteiger partial charge on any atom is -0.288 e. The Morgan fingerprint density at radius 1 is 1.18 bits per heavy atom. The molecule has 0 N–H and O–H groups in total. The minimum absolute atomic E-state index is 0.809. The molecule has 0 fully saturated rings. The van der Waals surface area contributed by atoms with E-state index < -0.39 is 0 Å². The van der Waals surface area contributed by atoms with E-state index in [4.69, 9.17) is 0 Å². The van der Waals surface area contributed by atoms with Gasteiger partial charge in [-0.3, -0.25) is 4.99 Å². The van der Waals surface area contributed by atoms with E-state index in [1.165, 1.54) is 11.1 Å². The van der Waals surface area contributed by atoms with E-state index in [1.54, 1.807) is 0 Å². The summed E-state index contributed by atoms with van der Waals surface area (Å²) in [6.45, 7) is 0.809. The second-order valence-electron chi connectivity index (χ2n) is 2.55. The van der Waals surface area contributed by atoms with Crippen molar-refractivity contribution in [3.05, 3.63) is 41.5 Å². The number of fused-ring (bicyclic) bond motifs is 1. The molecule has 1 aliphatic heterocycles. The average Bonchev–Trinajstić information content (AvgIpc) is 2.28. The van der Waals surface area contributed by atoms with Gasteiger partial charge in [-0.25, -0.2) is 0 Å². The van der Waals surface area contributed by atoms with Crippen LogP contribution in [0.25, 0.3) is 6.08 Å². The Balaban J connectivity index is 2.52. The summed E-state index contributed by atoms with van der Waals surface area (Å²) >= 11 is 0. The first-order chi connectivity index (χ1) is 5.47. The summed E-state index contributed by atoms with van der Waals surface area (Å²) in [4.78, 5) is 4.20. The Hall–Kier alpha value is -1.37. The Labute approximate surface area is 66.1 Å². The van der Waals surface area contributed by atoms with Crippen LogP contribution >= 0.6 is 0 Å². The van der Waals surface area contributed by atoms with Crippen LogP contribution in [-0.4, -0.2) is 6.21 Å². The third-order valence-electron chi connectivity index (χ3n) is 1.78. The van der Waals surface area contributed by atoms with Crippen molar-refractivity contribution in [1.29, 1.82) is 0 Å². The highest BCUT2D eigenvalue weighted by molar-refractivity contribution is 5.80. The summed E-state index contributed by atoms with van der Waals surface area (Å²) in [7, 11) is 0. The monoisotopic (exact) mass is 143 g/mol. The van der Waals surface area contributed by atoms with Crippen LogP contribution in [0.4, 0.5) is 0 Å². The van der Waals surface area contributed by atoms with Gasteiger partial charge in [0.25, 0.3) is 0 Å². The van der Waals surface area contributed by atoms with Crippen LogP contribution in [0, 0.1) is 0 Å². The number of hydrogen-bond donors (Lipinski definition) is 0.